The number of rotatable bonds is 5. The van der Waals surface area contributed by atoms with Gasteiger partial charge in [0.15, 0.2) is 0 Å². The minimum Gasteiger partial charge on any atom is -0.354 e. The topological polar surface area (TPSA) is 33.1 Å². The maximum absolute atomic E-state index is 4.22. The molecule has 0 saturated heterocycles. The van der Waals surface area contributed by atoms with Gasteiger partial charge >= 0.3 is 0 Å². The van der Waals surface area contributed by atoms with Crippen LogP contribution in [0.15, 0.2) is 12.4 Å². The standard InChI is InChI=1S/C9H18N4/c1-4-13-8-6-11-9(13)10-5-7-12(2)3/h6,8H,4-5,7H2,1-3H3,(H,10,11). The molecule has 0 fully saturated rings. The van der Waals surface area contributed by atoms with Gasteiger partial charge in [-0.2, -0.15) is 0 Å². The van der Waals surface area contributed by atoms with E-state index in [4.69, 9.17) is 0 Å². The predicted molar refractivity (Wildman–Crippen MR) is 54.9 cm³/mol. The minimum absolute atomic E-state index is 0.935. The van der Waals surface area contributed by atoms with Crippen LogP contribution in [0.2, 0.25) is 0 Å². The average molecular weight is 182 g/mol. The van der Waals surface area contributed by atoms with Gasteiger partial charge in [-0.15, -0.1) is 0 Å². The van der Waals surface area contributed by atoms with Gasteiger partial charge in [0, 0.05) is 32.0 Å². The second-order valence-electron chi connectivity index (χ2n) is 3.27. The van der Waals surface area contributed by atoms with Gasteiger partial charge in [-0.05, 0) is 21.0 Å². The molecule has 1 aromatic rings. The van der Waals surface area contributed by atoms with Crippen molar-refractivity contribution in [2.75, 3.05) is 32.5 Å². The Morgan fingerprint density at radius 3 is 2.92 bits per heavy atom. The molecule has 13 heavy (non-hydrogen) atoms. The lowest BCUT2D eigenvalue weighted by molar-refractivity contribution is 0.424. The van der Waals surface area contributed by atoms with E-state index in [2.05, 4.69) is 40.8 Å². The van der Waals surface area contributed by atoms with Gasteiger partial charge in [-0.3, -0.25) is 0 Å². The van der Waals surface area contributed by atoms with Crippen LogP contribution in [0.4, 0.5) is 5.95 Å². The maximum atomic E-state index is 4.22. The SMILES string of the molecule is CCn1ccnc1NCCN(C)C. The Hall–Kier alpha value is -1.03. The number of hydrogen-bond acceptors (Lipinski definition) is 3. The van der Waals surface area contributed by atoms with Crippen molar-refractivity contribution in [2.45, 2.75) is 13.5 Å². The van der Waals surface area contributed by atoms with Crippen molar-refractivity contribution < 1.29 is 0 Å². The molecular formula is C9H18N4. The minimum atomic E-state index is 0.935. The zero-order valence-corrected chi connectivity index (χ0v) is 8.62. The van der Waals surface area contributed by atoms with Gasteiger partial charge in [-0.1, -0.05) is 0 Å². The number of imidazole rings is 1. The molecule has 0 bridgehead atoms. The Balaban J connectivity index is 2.36. The van der Waals surface area contributed by atoms with E-state index in [1.54, 1.807) is 0 Å². The van der Waals surface area contributed by atoms with Gasteiger partial charge < -0.3 is 14.8 Å². The summed E-state index contributed by atoms with van der Waals surface area (Å²) in [5.41, 5.74) is 0. The van der Waals surface area contributed by atoms with Crippen LogP contribution in [0.3, 0.4) is 0 Å². The van der Waals surface area contributed by atoms with E-state index in [-0.39, 0.29) is 0 Å². The van der Waals surface area contributed by atoms with Crippen LogP contribution in [0.25, 0.3) is 0 Å². The van der Waals surface area contributed by atoms with Crippen LogP contribution in [-0.2, 0) is 6.54 Å². The van der Waals surface area contributed by atoms with Crippen molar-refractivity contribution in [3.05, 3.63) is 12.4 Å². The molecule has 4 heteroatoms. The van der Waals surface area contributed by atoms with E-state index in [0.29, 0.717) is 0 Å². The van der Waals surface area contributed by atoms with Crippen molar-refractivity contribution in [3.8, 4) is 0 Å². The van der Waals surface area contributed by atoms with Crippen LogP contribution >= 0.6 is 0 Å². The monoisotopic (exact) mass is 182 g/mol. The highest BCUT2D eigenvalue weighted by Crippen LogP contribution is 2.02. The number of anilines is 1. The molecule has 0 amide bonds. The second kappa shape index (κ2) is 4.87. The Morgan fingerprint density at radius 2 is 2.31 bits per heavy atom. The van der Waals surface area contributed by atoms with Crippen LogP contribution in [-0.4, -0.2) is 41.6 Å². The normalized spacial score (nSPS) is 10.8. The first kappa shape index (κ1) is 10.1. The van der Waals surface area contributed by atoms with E-state index in [1.807, 2.05) is 12.4 Å². The first-order valence-electron chi connectivity index (χ1n) is 4.63. The highest BCUT2D eigenvalue weighted by molar-refractivity contribution is 5.25. The molecule has 0 saturated carbocycles. The first-order chi connectivity index (χ1) is 6.24. The van der Waals surface area contributed by atoms with Gasteiger partial charge in [-0.25, -0.2) is 4.98 Å². The molecule has 0 spiro atoms. The zero-order chi connectivity index (χ0) is 9.68. The van der Waals surface area contributed by atoms with E-state index in [0.717, 1.165) is 25.6 Å². The van der Waals surface area contributed by atoms with Crippen LogP contribution in [0, 0.1) is 0 Å². The number of aromatic nitrogens is 2. The number of likely N-dealkylation sites (N-methyl/N-ethyl adjacent to an activating group) is 1. The molecule has 0 aliphatic heterocycles. The van der Waals surface area contributed by atoms with E-state index in [9.17, 15) is 0 Å². The summed E-state index contributed by atoms with van der Waals surface area (Å²) < 4.78 is 2.09. The maximum Gasteiger partial charge on any atom is 0.202 e. The fraction of sp³-hybridized carbons (Fsp3) is 0.667. The molecule has 1 heterocycles. The van der Waals surface area contributed by atoms with Crippen molar-refractivity contribution in [3.63, 3.8) is 0 Å². The molecule has 0 radical (unpaired) electrons. The fourth-order valence-electron chi connectivity index (χ4n) is 1.12. The third-order valence-electron chi connectivity index (χ3n) is 1.90. The van der Waals surface area contributed by atoms with Gasteiger partial charge in [0.1, 0.15) is 0 Å². The lowest BCUT2D eigenvalue weighted by Gasteiger charge is -2.11. The molecule has 0 aliphatic rings. The molecule has 74 valence electrons. The molecule has 0 unspecified atom stereocenters. The van der Waals surface area contributed by atoms with Gasteiger partial charge in [0.2, 0.25) is 5.95 Å². The molecule has 0 aromatic carbocycles. The van der Waals surface area contributed by atoms with E-state index >= 15 is 0 Å². The zero-order valence-electron chi connectivity index (χ0n) is 8.62. The Labute approximate surface area is 79.6 Å². The molecule has 0 atom stereocenters. The fourth-order valence-corrected chi connectivity index (χ4v) is 1.12. The van der Waals surface area contributed by atoms with Crippen LogP contribution < -0.4 is 5.32 Å². The van der Waals surface area contributed by atoms with Crippen molar-refractivity contribution in [1.82, 2.24) is 14.5 Å². The lowest BCUT2D eigenvalue weighted by Crippen LogP contribution is -2.22. The summed E-state index contributed by atoms with van der Waals surface area (Å²) in [5, 5.41) is 3.29. The Bertz CT molecular complexity index is 242. The molecule has 1 aromatic heterocycles. The quantitative estimate of drug-likeness (QED) is 0.733. The van der Waals surface area contributed by atoms with Crippen molar-refractivity contribution >= 4 is 5.95 Å². The average Bonchev–Trinajstić information content (AvgIpc) is 2.51. The van der Waals surface area contributed by atoms with Gasteiger partial charge in [0.05, 0.1) is 0 Å². The number of aryl methyl sites for hydroxylation is 1. The molecule has 1 rings (SSSR count). The highest BCUT2D eigenvalue weighted by Gasteiger charge is 1.98. The summed E-state index contributed by atoms with van der Waals surface area (Å²) in [7, 11) is 4.13. The number of nitrogens with one attached hydrogen (secondary N) is 1. The van der Waals surface area contributed by atoms with E-state index < -0.39 is 0 Å². The summed E-state index contributed by atoms with van der Waals surface area (Å²) in [6.07, 6.45) is 3.81. The molecule has 4 nitrogen and oxygen atoms in total. The summed E-state index contributed by atoms with van der Waals surface area (Å²) in [4.78, 5) is 6.36. The number of nitrogens with zero attached hydrogens (tertiary/aromatic N) is 3. The molecule has 0 aliphatic carbocycles. The molecular weight excluding hydrogens is 164 g/mol. The van der Waals surface area contributed by atoms with Crippen molar-refractivity contribution in [1.29, 1.82) is 0 Å². The number of hydrogen-bond donors (Lipinski definition) is 1. The Kier molecular flexibility index (Phi) is 3.76. The van der Waals surface area contributed by atoms with Crippen LogP contribution in [0.1, 0.15) is 6.92 Å². The third kappa shape index (κ3) is 3.06. The summed E-state index contributed by atoms with van der Waals surface area (Å²) in [6.45, 7) is 5.03. The summed E-state index contributed by atoms with van der Waals surface area (Å²) in [6, 6.07) is 0. The van der Waals surface area contributed by atoms with E-state index in [1.165, 1.54) is 0 Å². The lowest BCUT2D eigenvalue weighted by atomic mass is 10.6. The smallest absolute Gasteiger partial charge is 0.202 e. The first-order valence-corrected chi connectivity index (χ1v) is 4.63. The Morgan fingerprint density at radius 1 is 1.54 bits per heavy atom. The summed E-state index contributed by atoms with van der Waals surface area (Å²) >= 11 is 0. The van der Waals surface area contributed by atoms with Gasteiger partial charge in [0.25, 0.3) is 0 Å². The third-order valence-corrected chi connectivity index (χ3v) is 1.90. The highest BCUT2D eigenvalue weighted by atomic mass is 15.2. The summed E-state index contributed by atoms with van der Waals surface area (Å²) in [5.74, 6) is 0.962. The van der Waals surface area contributed by atoms with Crippen LogP contribution in [0.5, 0.6) is 0 Å². The predicted octanol–water partition coefficient (Wildman–Crippen LogP) is 0.876. The second-order valence-corrected chi connectivity index (χ2v) is 3.27. The molecule has 1 N–H and O–H groups in total. The largest absolute Gasteiger partial charge is 0.354 e. The van der Waals surface area contributed by atoms with Crippen molar-refractivity contribution in [2.24, 2.45) is 0 Å².